The first-order valence-corrected chi connectivity index (χ1v) is 18.2. The molecule has 0 saturated carbocycles. The number of imidazole rings is 1. The first kappa shape index (κ1) is 28.7. The van der Waals surface area contributed by atoms with E-state index in [-0.39, 0.29) is 0 Å². The van der Waals surface area contributed by atoms with E-state index in [1.807, 2.05) is 0 Å². The van der Waals surface area contributed by atoms with Gasteiger partial charge < -0.3 is 4.42 Å². The Balaban J connectivity index is 1.26. The third-order valence-corrected chi connectivity index (χ3v) is 11.6. The maximum absolute atomic E-state index is 6.83. The van der Waals surface area contributed by atoms with Crippen LogP contribution in [0.5, 0.6) is 0 Å². The third-order valence-electron chi connectivity index (χ3n) is 11.6. The Kier molecular flexibility index (Phi) is 5.70. The minimum absolute atomic E-state index is 0.649. The maximum atomic E-state index is 6.83. The molecule has 246 valence electrons. The summed E-state index contributed by atoms with van der Waals surface area (Å²) in [5.74, 6) is 0.917. The van der Waals surface area contributed by atoms with Crippen molar-refractivity contribution in [3.05, 3.63) is 204 Å². The summed E-state index contributed by atoms with van der Waals surface area (Å²) in [6.07, 6.45) is 0. The molecule has 0 saturated heterocycles. The predicted octanol–water partition coefficient (Wildman–Crippen LogP) is 12.6. The van der Waals surface area contributed by atoms with Crippen LogP contribution in [0.1, 0.15) is 22.3 Å². The first-order valence-electron chi connectivity index (χ1n) is 18.2. The second-order valence-corrected chi connectivity index (χ2v) is 14.2. The summed E-state index contributed by atoms with van der Waals surface area (Å²) in [6, 6.07) is 66.0. The molecule has 0 bridgehead atoms. The number of nitrogens with zero attached hydrogens (tertiary/aromatic N) is 2. The van der Waals surface area contributed by atoms with Crippen molar-refractivity contribution in [1.82, 2.24) is 9.55 Å². The van der Waals surface area contributed by atoms with E-state index < -0.39 is 5.41 Å². The molecule has 0 radical (unpaired) electrons. The highest BCUT2D eigenvalue weighted by molar-refractivity contribution is 6.13. The third kappa shape index (κ3) is 3.70. The lowest BCUT2D eigenvalue weighted by Crippen LogP contribution is -2.29. The first-order chi connectivity index (χ1) is 26.3. The highest BCUT2D eigenvalue weighted by atomic mass is 16.3. The van der Waals surface area contributed by atoms with Crippen LogP contribution >= 0.6 is 0 Å². The predicted molar refractivity (Wildman–Crippen MR) is 216 cm³/mol. The zero-order valence-electron chi connectivity index (χ0n) is 28.6. The van der Waals surface area contributed by atoms with Crippen molar-refractivity contribution >= 4 is 33.0 Å². The van der Waals surface area contributed by atoms with Crippen LogP contribution in [0, 0.1) is 0 Å². The summed E-state index contributed by atoms with van der Waals surface area (Å²) < 4.78 is 9.14. The fourth-order valence-corrected chi connectivity index (χ4v) is 9.55. The molecular weight excluding hydrogens is 645 g/mol. The van der Waals surface area contributed by atoms with Gasteiger partial charge in [-0.15, -0.1) is 0 Å². The SMILES string of the molecule is c1ccc(-n2c(-c3ccc4c(c3)C3(c5ccccc5-c5ccccc5-4)c4ccccc4-c4c3ccc3c4oc4ccccc43)nc3ccccc32)cc1. The average molecular weight is 675 g/mol. The molecule has 1 atom stereocenters. The van der Waals surface area contributed by atoms with Crippen LogP contribution < -0.4 is 0 Å². The van der Waals surface area contributed by atoms with Crippen LogP contribution in [-0.4, -0.2) is 9.55 Å². The molecule has 8 aromatic carbocycles. The van der Waals surface area contributed by atoms with E-state index in [0.717, 1.165) is 50.0 Å². The molecule has 1 spiro atoms. The van der Waals surface area contributed by atoms with E-state index in [0.29, 0.717) is 0 Å². The molecule has 2 aliphatic carbocycles. The molecule has 2 aliphatic rings. The number of rotatable bonds is 2. The summed E-state index contributed by atoms with van der Waals surface area (Å²) in [4.78, 5) is 5.34. The molecule has 10 aromatic rings. The molecule has 3 nitrogen and oxygen atoms in total. The smallest absolute Gasteiger partial charge is 0.145 e. The summed E-state index contributed by atoms with van der Waals surface area (Å²) in [6.45, 7) is 0. The van der Waals surface area contributed by atoms with Crippen LogP contribution in [0.2, 0.25) is 0 Å². The Labute approximate surface area is 306 Å². The molecule has 53 heavy (non-hydrogen) atoms. The van der Waals surface area contributed by atoms with Crippen molar-refractivity contribution in [3.63, 3.8) is 0 Å². The lowest BCUT2D eigenvalue weighted by molar-refractivity contribution is 0.669. The fraction of sp³-hybridized carbons (Fsp3) is 0.0200. The van der Waals surface area contributed by atoms with Gasteiger partial charge in [0, 0.05) is 27.6 Å². The monoisotopic (exact) mass is 674 g/mol. The van der Waals surface area contributed by atoms with E-state index in [1.165, 1.54) is 55.6 Å². The second kappa shape index (κ2) is 10.5. The van der Waals surface area contributed by atoms with Gasteiger partial charge in [0.15, 0.2) is 0 Å². The van der Waals surface area contributed by atoms with Gasteiger partial charge in [0.2, 0.25) is 0 Å². The van der Waals surface area contributed by atoms with Crippen molar-refractivity contribution in [3.8, 4) is 50.5 Å². The van der Waals surface area contributed by atoms with Crippen LogP contribution in [-0.2, 0) is 5.41 Å². The van der Waals surface area contributed by atoms with E-state index in [9.17, 15) is 0 Å². The maximum Gasteiger partial charge on any atom is 0.145 e. The largest absolute Gasteiger partial charge is 0.455 e. The van der Waals surface area contributed by atoms with Crippen LogP contribution in [0.3, 0.4) is 0 Å². The summed E-state index contributed by atoms with van der Waals surface area (Å²) in [5.41, 5.74) is 17.7. The molecule has 2 heterocycles. The summed E-state index contributed by atoms with van der Waals surface area (Å²) >= 11 is 0. The van der Waals surface area contributed by atoms with Gasteiger partial charge in [-0.2, -0.15) is 0 Å². The van der Waals surface area contributed by atoms with E-state index >= 15 is 0 Å². The molecule has 0 fully saturated rings. The molecule has 2 aromatic heterocycles. The molecule has 0 amide bonds. The number of para-hydroxylation sites is 4. The van der Waals surface area contributed by atoms with Gasteiger partial charge in [-0.05, 0) is 86.5 Å². The molecular formula is C50H30N2O. The Hall–Kier alpha value is -6.97. The number of benzene rings is 8. The van der Waals surface area contributed by atoms with Gasteiger partial charge in [-0.3, -0.25) is 4.57 Å². The number of hydrogen-bond donors (Lipinski definition) is 0. The second-order valence-electron chi connectivity index (χ2n) is 14.2. The van der Waals surface area contributed by atoms with E-state index in [2.05, 4.69) is 187 Å². The van der Waals surface area contributed by atoms with Crippen LogP contribution in [0.25, 0.3) is 83.4 Å². The lowest BCUT2D eigenvalue weighted by atomic mass is 9.65. The van der Waals surface area contributed by atoms with Gasteiger partial charge in [-0.1, -0.05) is 146 Å². The Bertz CT molecular complexity index is 3130. The Morgan fingerprint density at radius 3 is 1.92 bits per heavy atom. The van der Waals surface area contributed by atoms with Crippen molar-refractivity contribution in [2.75, 3.05) is 0 Å². The topological polar surface area (TPSA) is 31.0 Å². The zero-order valence-corrected chi connectivity index (χ0v) is 28.6. The lowest BCUT2D eigenvalue weighted by Gasteiger charge is -2.35. The number of furan rings is 1. The summed E-state index contributed by atoms with van der Waals surface area (Å²) in [7, 11) is 0. The van der Waals surface area contributed by atoms with Crippen LogP contribution in [0.15, 0.2) is 186 Å². The van der Waals surface area contributed by atoms with Gasteiger partial charge >= 0.3 is 0 Å². The number of fused-ring (bicyclic) bond motifs is 17. The minimum atomic E-state index is -0.649. The van der Waals surface area contributed by atoms with Gasteiger partial charge in [0.05, 0.1) is 16.4 Å². The van der Waals surface area contributed by atoms with Gasteiger partial charge in [0.1, 0.15) is 17.0 Å². The highest BCUT2D eigenvalue weighted by Crippen LogP contribution is 2.63. The van der Waals surface area contributed by atoms with Gasteiger partial charge in [0.25, 0.3) is 0 Å². The Morgan fingerprint density at radius 2 is 1.09 bits per heavy atom. The van der Waals surface area contributed by atoms with Crippen molar-refractivity contribution in [2.24, 2.45) is 0 Å². The van der Waals surface area contributed by atoms with Gasteiger partial charge in [-0.25, -0.2) is 4.98 Å². The zero-order chi connectivity index (χ0) is 34.7. The standard InChI is InChI=1S/C50H30N2O/c1-2-14-32(15-3-1)52-45-24-12-11-23-44(45)51-49(52)31-26-27-36-34-17-5-4-16-33(34)35-18-6-9-21-40(35)50(43(36)30-31)41-22-10-7-20-39(41)47-42(50)29-28-38-37-19-8-13-25-46(37)53-48(38)47/h1-30H. The number of aromatic nitrogens is 2. The number of hydrogen-bond acceptors (Lipinski definition) is 2. The molecule has 0 aliphatic heterocycles. The molecule has 12 rings (SSSR count). The van der Waals surface area contributed by atoms with E-state index in [1.54, 1.807) is 0 Å². The summed E-state index contributed by atoms with van der Waals surface area (Å²) in [5, 5.41) is 2.28. The Morgan fingerprint density at radius 1 is 0.453 bits per heavy atom. The fourth-order valence-electron chi connectivity index (χ4n) is 9.55. The average Bonchev–Trinajstić information content (AvgIpc) is 3.87. The quantitative estimate of drug-likeness (QED) is 0.183. The van der Waals surface area contributed by atoms with Crippen molar-refractivity contribution < 1.29 is 4.42 Å². The van der Waals surface area contributed by atoms with E-state index in [4.69, 9.17) is 9.40 Å². The highest BCUT2D eigenvalue weighted by Gasteiger charge is 2.51. The molecule has 0 N–H and O–H groups in total. The normalized spacial score (nSPS) is 15.2. The molecule has 1 unspecified atom stereocenters. The minimum Gasteiger partial charge on any atom is -0.455 e. The molecule has 3 heteroatoms. The van der Waals surface area contributed by atoms with Crippen LogP contribution in [0.4, 0.5) is 0 Å². The van der Waals surface area contributed by atoms with Crippen molar-refractivity contribution in [1.29, 1.82) is 0 Å². The van der Waals surface area contributed by atoms with Crippen molar-refractivity contribution in [2.45, 2.75) is 5.41 Å².